The number of amides is 2. The van der Waals surface area contributed by atoms with Gasteiger partial charge in [-0.15, -0.1) is 0 Å². The molecule has 0 fully saturated rings. The lowest BCUT2D eigenvalue weighted by Crippen LogP contribution is -2.47. The second-order valence-electron chi connectivity index (χ2n) is 5.61. The number of carbonyl (C=O) groups excluding carboxylic acids is 2. The van der Waals surface area contributed by atoms with Crippen LogP contribution in [0.3, 0.4) is 0 Å². The molecule has 0 saturated carbocycles. The van der Waals surface area contributed by atoms with Gasteiger partial charge in [0, 0.05) is 5.92 Å². The predicted molar refractivity (Wildman–Crippen MR) is 88.3 cm³/mol. The Morgan fingerprint density at radius 3 is 2.12 bits per heavy atom. The van der Waals surface area contributed by atoms with Crippen LogP contribution >= 0.6 is 0 Å². The highest BCUT2D eigenvalue weighted by Gasteiger charge is 2.29. The number of nitrogens with two attached hydrogens (primary N) is 1. The Balaban J connectivity index is 1.74. The van der Waals surface area contributed by atoms with Crippen molar-refractivity contribution >= 4 is 12.0 Å². The van der Waals surface area contributed by atoms with Crippen LogP contribution in [0.1, 0.15) is 17.0 Å². The maximum atomic E-state index is 11.8. The van der Waals surface area contributed by atoms with Crippen molar-refractivity contribution in [3.63, 3.8) is 0 Å². The van der Waals surface area contributed by atoms with Gasteiger partial charge in [0.05, 0.1) is 6.61 Å². The first-order valence-corrected chi connectivity index (χ1v) is 7.63. The van der Waals surface area contributed by atoms with Crippen LogP contribution < -0.4 is 11.1 Å². The highest BCUT2D eigenvalue weighted by atomic mass is 16.5. The largest absolute Gasteiger partial charge is 0.449 e. The van der Waals surface area contributed by atoms with E-state index in [2.05, 4.69) is 5.32 Å². The van der Waals surface area contributed by atoms with E-state index in [1.54, 1.807) is 0 Å². The van der Waals surface area contributed by atoms with Gasteiger partial charge >= 0.3 is 6.09 Å². The van der Waals surface area contributed by atoms with Gasteiger partial charge in [-0.2, -0.15) is 0 Å². The first kappa shape index (κ1) is 16.0. The quantitative estimate of drug-likeness (QED) is 0.772. The molecule has 1 aliphatic carbocycles. The van der Waals surface area contributed by atoms with Crippen LogP contribution in [0.15, 0.2) is 48.5 Å². The highest BCUT2D eigenvalue weighted by Crippen LogP contribution is 2.44. The maximum Gasteiger partial charge on any atom is 0.407 e. The Hall–Kier alpha value is -2.86. The lowest BCUT2D eigenvalue weighted by Gasteiger charge is -2.16. The number of primary amides is 1. The average molecular weight is 326 g/mol. The SMILES string of the molecule is NC(=O)[C@@H](CO)NC(=O)OCC1c2ccccc2-c2ccccc21. The van der Waals surface area contributed by atoms with Crippen LogP contribution in [0, 0.1) is 0 Å². The van der Waals surface area contributed by atoms with Crippen LogP contribution in [0.25, 0.3) is 11.1 Å². The minimum absolute atomic E-state index is 0.0655. The molecule has 0 aromatic heterocycles. The molecule has 2 aromatic rings. The molecule has 1 aliphatic rings. The number of carbonyl (C=O) groups is 2. The Labute approximate surface area is 139 Å². The van der Waals surface area contributed by atoms with Crippen molar-refractivity contribution in [1.82, 2.24) is 5.32 Å². The summed E-state index contributed by atoms with van der Waals surface area (Å²) in [4.78, 5) is 22.9. The van der Waals surface area contributed by atoms with Crippen molar-refractivity contribution in [2.45, 2.75) is 12.0 Å². The van der Waals surface area contributed by atoms with Crippen molar-refractivity contribution in [3.8, 4) is 11.1 Å². The number of alkyl carbamates (subject to hydrolysis) is 1. The predicted octanol–water partition coefficient (Wildman–Crippen LogP) is 1.37. The molecule has 1 atom stereocenters. The molecular formula is C18H18N2O4. The first-order valence-electron chi connectivity index (χ1n) is 7.63. The van der Waals surface area contributed by atoms with Crippen molar-refractivity contribution in [2.75, 3.05) is 13.2 Å². The Morgan fingerprint density at radius 1 is 1.08 bits per heavy atom. The summed E-state index contributed by atoms with van der Waals surface area (Å²) in [5, 5.41) is 11.3. The van der Waals surface area contributed by atoms with Crippen molar-refractivity contribution in [2.24, 2.45) is 5.73 Å². The number of fused-ring (bicyclic) bond motifs is 3. The molecule has 0 bridgehead atoms. The molecule has 124 valence electrons. The molecule has 0 saturated heterocycles. The van der Waals surface area contributed by atoms with Gasteiger partial charge < -0.3 is 20.9 Å². The van der Waals surface area contributed by atoms with Crippen LogP contribution in [0.5, 0.6) is 0 Å². The summed E-state index contributed by atoms with van der Waals surface area (Å²) >= 11 is 0. The van der Waals surface area contributed by atoms with Crippen LogP contribution in [-0.2, 0) is 9.53 Å². The van der Waals surface area contributed by atoms with Crippen molar-refractivity contribution in [3.05, 3.63) is 59.7 Å². The number of ether oxygens (including phenoxy) is 1. The Morgan fingerprint density at radius 2 is 1.62 bits per heavy atom. The number of benzene rings is 2. The molecule has 24 heavy (non-hydrogen) atoms. The molecule has 6 heteroatoms. The zero-order chi connectivity index (χ0) is 17.1. The van der Waals surface area contributed by atoms with Gasteiger partial charge in [0.25, 0.3) is 0 Å². The molecular weight excluding hydrogens is 308 g/mol. The second kappa shape index (κ2) is 6.72. The van der Waals surface area contributed by atoms with Gasteiger partial charge in [-0.3, -0.25) is 4.79 Å². The topological polar surface area (TPSA) is 102 Å². The molecule has 0 unspecified atom stereocenters. The lowest BCUT2D eigenvalue weighted by molar-refractivity contribution is -0.120. The summed E-state index contributed by atoms with van der Waals surface area (Å²) in [5.74, 6) is -0.879. The summed E-state index contributed by atoms with van der Waals surface area (Å²) in [6, 6.07) is 14.8. The van der Waals surface area contributed by atoms with E-state index in [9.17, 15) is 9.59 Å². The smallest absolute Gasteiger partial charge is 0.407 e. The second-order valence-corrected chi connectivity index (χ2v) is 5.61. The third-order valence-electron chi connectivity index (χ3n) is 4.16. The molecule has 0 aliphatic heterocycles. The zero-order valence-corrected chi connectivity index (χ0v) is 12.9. The number of aliphatic hydroxyl groups excluding tert-OH is 1. The fraction of sp³-hybridized carbons (Fsp3) is 0.222. The van der Waals surface area contributed by atoms with E-state index in [1.165, 1.54) is 0 Å². The minimum atomic E-state index is -1.15. The summed E-state index contributed by atoms with van der Waals surface area (Å²) in [6.07, 6.45) is -0.783. The van der Waals surface area contributed by atoms with Crippen LogP contribution in [0.2, 0.25) is 0 Å². The summed E-state index contributed by atoms with van der Waals surface area (Å²) < 4.78 is 5.25. The van der Waals surface area contributed by atoms with Crippen LogP contribution in [0.4, 0.5) is 4.79 Å². The molecule has 2 aromatic carbocycles. The summed E-state index contributed by atoms with van der Waals surface area (Å²) in [6.45, 7) is -0.434. The Bertz CT molecular complexity index is 730. The Kier molecular flexibility index (Phi) is 4.48. The lowest BCUT2D eigenvalue weighted by atomic mass is 9.98. The molecule has 0 heterocycles. The van der Waals surface area contributed by atoms with Gasteiger partial charge in [0.1, 0.15) is 12.6 Å². The number of nitrogens with one attached hydrogen (secondary N) is 1. The van der Waals surface area contributed by atoms with Gasteiger partial charge in [0.2, 0.25) is 5.91 Å². The van der Waals surface area contributed by atoms with Crippen molar-refractivity contribution in [1.29, 1.82) is 0 Å². The average Bonchev–Trinajstić information content (AvgIpc) is 2.91. The highest BCUT2D eigenvalue weighted by molar-refractivity contribution is 5.84. The third kappa shape index (κ3) is 2.96. The fourth-order valence-electron chi connectivity index (χ4n) is 2.99. The zero-order valence-electron chi connectivity index (χ0n) is 12.9. The van der Waals surface area contributed by atoms with Gasteiger partial charge in [-0.1, -0.05) is 48.5 Å². The van der Waals surface area contributed by atoms with E-state index < -0.39 is 24.6 Å². The van der Waals surface area contributed by atoms with E-state index in [0.29, 0.717) is 0 Å². The third-order valence-corrected chi connectivity index (χ3v) is 4.16. The van der Waals surface area contributed by atoms with E-state index in [-0.39, 0.29) is 12.5 Å². The number of hydrogen-bond acceptors (Lipinski definition) is 4. The standard InChI is InChI=1S/C18H18N2O4/c19-17(22)16(9-21)20-18(23)24-10-15-13-7-3-1-5-11(13)12-6-2-4-8-14(12)15/h1-8,15-16,21H,9-10H2,(H2,19,22)(H,20,23)/t16-/m1/s1. The van der Waals surface area contributed by atoms with E-state index in [4.69, 9.17) is 15.6 Å². The molecule has 3 rings (SSSR count). The normalized spacial score (nSPS) is 13.7. The monoisotopic (exact) mass is 326 g/mol. The molecule has 0 radical (unpaired) electrons. The molecule has 4 N–H and O–H groups in total. The maximum absolute atomic E-state index is 11.8. The van der Waals surface area contributed by atoms with E-state index in [0.717, 1.165) is 22.3 Å². The number of aliphatic hydroxyl groups is 1. The van der Waals surface area contributed by atoms with Gasteiger partial charge in [0.15, 0.2) is 0 Å². The van der Waals surface area contributed by atoms with Gasteiger partial charge in [-0.25, -0.2) is 4.79 Å². The van der Waals surface area contributed by atoms with E-state index >= 15 is 0 Å². The fourth-order valence-corrected chi connectivity index (χ4v) is 2.99. The number of rotatable bonds is 5. The summed E-state index contributed by atoms with van der Waals surface area (Å²) in [7, 11) is 0. The first-order chi connectivity index (χ1) is 11.6. The molecule has 2 amide bonds. The van der Waals surface area contributed by atoms with Gasteiger partial charge in [-0.05, 0) is 22.3 Å². The number of hydrogen-bond donors (Lipinski definition) is 3. The van der Waals surface area contributed by atoms with Crippen molar-refractivity contribution < 1.29 is 19.4 Å². The molecule has 0 spiro atoms. The molecule has 6 nitrogen and oxygen atoms in total. The van der Waals surface area contributed by atoms with E-state index in [1.807, 2.05) is 48.5 Å². The van der Waals surface area contributed by atoms with Crippen LogP contribution in [-0.4, -0.2) is 36.4 Å². The minimum Gasteiger partial charge on any atom is -0.449 e. The summed E-state index contributed by atoms with van der Waals surface area (Å²) in [5.41, 5.74) is 9.53.